The van der Waals surface area contributed by atoms with E-state index < -0.39 is 28.4 Å². The first-order valence-electron chi connectivity index (χ1n) is 11.1. The number of fused-ring (bicyclic) bond motifs is 1. The predicted octanol–water partition coefficient (Wildman–Crippen LogP) is 4.52. The number of sulfonamides is 1. The van der Waals surface area contributed by atoms with Crippen molar-refractivity contribution >= 4 is 61.1 Å². The van der Waals surface area contributed by atoms with E-state index in [-0.39, 0.29) is 21.3 Å². The Balaban J connectivity index is 1.36. The highest BCUT2D eigenvalue weighted by Crippen LogP contribution is 2.37. The molecule has 4 rings (SSSR count). The molecule has 1 aromatic heterocycles. The lowest BCUT2D eigenvalue weighted by molar-refractivity contribution is -0.119. The molecule has 0 saturated heterocycles. The molecule has 0 fully saturated rings. The zero-order valence-electron chi connectivity index (χ0n) is 20.2. The Hall–Kier alpha value is -3.77. The van der Waals surface area contributed by atoms with E-state index in [0.717, 1.165) is 15.6 Å². The van der Waals surface area contributed by atoms with Gasteiger partial charge in [-0.3, -0.25) is 4.79 Å². The van der Waals surface area contributed by atoms with Crippen LogP contribution < -0.4 is 19.6 Å². The summed E-state index contributed by atoms with van der Waals surface area (Å²) in [7, 11) is -2.41. The number of carbonyl (C=O) groups is 2. The van der Waals surface area contributed by atoms with E-state index in [9.17, 15) is 18.0 Å². The first kappa shape index (κ1) is 27.3. The van der Waals surface area contributed by atoms with Crippen molar-refractivity contribution < 1.29 is 27.5 Å². The predicted molar refractivity (Wildman–Crippen MR) is 147 cm³/mol. The van der Waals surface area contributed by atoms with Crippen molar-refractivity contribution in [3.05, 3.63) is 87.8 Å². The first-order chi connectivity index (χ1) is 18.2. The quantitative estimate of drug-likeness (QED) is 0.132. The molecule has 0 atom stereocenters. The van der Waals surface area contributed by atoms with Crippen LogP contribution in [-0.4, -0.2) is 40.2 Å². The van der Waals surface area contributed by atoms with Gasteiger partial charge >= 0.3 is 5.97 Å². The van der Waals surface area contributed by atoms with Crippen molar-refractivity contribution in [2.45, 2.75) is 11.8 Å². The average Bonchev–Trinajstić information content (AvgIpc) is 3.25. The fourth-order valence-corrected chi connectivity index (χ4v) is 5.69. The number of carbonyl (C=O) groups excluding carboxylic acids is 2. The van der Waals surface area contributed by atoms with E-state index in [1.807, 2.05) is 31.2 Å². The minimum Gasteiger partial charge on any atom is -0.493 e. The van der Waals surface area contributed by atoms with Crippen LogP contribution in [0.5, 0.6) is 11.5 Å². The fourth-order valence-electron chi connectivity index (χ4n) is 3.32. The van der Waals surface area contributed by atoms with Crippen molar-refractivity contribution in [1.82, 2.24) is 10.1 Å². The van der Waals surface area contributed by atoms with Gasteiger partial charge in [0, 0.05) is 10.1 Å². The van der Waals surface area contributed by atoms with Gasteiger partial charge < -0.3 is 9.47 Å². The third-order valence-corrected chi connectivity index (χ3v) is 8.34. The van der Waals surface area contributed by atoms with Crippen LogP contribution in [0.1, 0.15) is 20.8 Å². The van der Waals surface area contributed by atoms with E-state index in [1.54, 1.807) is 24.3 Å². The molecule has 0 radical (unpaired) electrons. The van der Waals surface area contributed by atoms with Gasteiger partial charge in [-0.25, -0.2) is 23.4 Å². The zero-order valence-corrected chi connectivity index (χ0v) is 22.6. The number of aryl methyl sites for hydroxylation is 1. The molecule has 2 N–H and O–H groups in total. The Morgan fingerprint density at radius 1 is 1.05 bits per heavy atom. The van der Waals surface area contributed by atoms with Gasteiger partial charge in [0.15, 0.2) is 11.5 Å². The molecule has 0 bridgehead atoms. The molecule has 0 aliphatic heterocycles. The van der Waals surface area contributed by atoms with E-state index in [1.165, 1.54) is 42.9 Å². The van der Waals surface area contributed by atoms with E-state index in [4.69, 9.17) is 21.1 Å². The van der Waals surface area contributed by atoms with Crippen LogP contribution in [0.3, 0.4) is 0 Å². The maximum absolute atomic E-state index is 12.8. The second-order valence-electron chi connectivity index (χ2n) is 7.97. The Morgan fingerprint density at radius 2 is 1.79 bits per heavy atom. The number of halogens is 1. The van der Waals surface area contributed by atoms with Crippen molar-refractivity contribution in [2.24, 2.45) is 5.10 Å². The van der Waals surface area contributed by atoms with Crippen molar-refractivity contribution in [3.63, 3.8) is 0 Å². The van der Waals surface area contributed by atoms with Crippen LogP contribution in [0.15, 0.2) is 76.7 Å². The van der Waals surface area contributed by atoms with Crippen LogP contribution in [0.2, 0.25) is 5.02 Å². The fraction of sp³-hybridized carbons (Fsp3) is 0.115. The highest BCUT2D eigenvalue weighted by atomic mass is 35.5. The van der Waals surface area contributed by atoms with Crippen LogP contribution >= 0.6 is 22.9 Å². The van der Waals surface area contributed by atoms with Crippen LogP contribution in [0.4, 0.5) is 0 Å². The molecule has 4 aromatic rings. The van der Waals surface area contributed by atoms with Gasteiger partial charge in [0.05, 0.1) is 29.8 Å². The molecule has 0 aliphatic carbocycles. The number of benzene rings is 3. The number of nitrogens with one attached hydrogen (secondary N) is 2. The minimum atomic E-state index is -3.83. The van der Waals surface area contributed by atoms with E-state index in [0.29, 0.717) is 10.6 Å². The van der Waals surface area contributed by atoms with Crippen molar-refractivity contribution in [2.75, 3.05) is 13.7 Å². The van der Waals surface area contributed by atoms with Gasteiger partial charge in [-0.15, -0.1) is 11.3 Å². The lowest BCUT2D eigenvalue weighted by Gasteiger charge is -2.09. The van der Waals surface area contributed by atoms with E-state index >= 15 is 0 Å². The second kappa shape index (κ2) is 11.7. The highest BCUT2D eigenvalue weighted by Gasteiger charge is 2.20. The third-order valence-electron chi connectivity index (χ3n) is 5.27. The second-order valence-corrected chi connectivity index (χ2v) is 11.2. The molecule has 1 amide bonds. The molecule has 196 valence electrons. The summed E-state index contributed by atoms with van der Waals surface area (Å²) in [6, 6.07) is 18.3. The molecule has 0 unspecified atom stereocenters. The minimum absolute atomic E-state index is 0.0573. The number of thiophene rings is 1. The first-order valence-corrected chi connectivity index (χ1v) is 13.8. The highest BCUT2D eigenvalue weighted by molar-refractivity contribution is 7.89. The Kier molecular flexibility index (Phi) is 8.42. The topological polar surface area (TPSA) is 123 Å². The van der Waals surface area contributed by atoms with Crippen LogP contribution in [0, 0.1) is 6.92 Å². The number of hydrazone groups is 1. The van der Waals surface area contributed by atoms with Gasteiger partial charge in [-0.05, 0) is 48.9 Å². The molecule has 1 heterocycles. The summed E-state index contributed by atoms with van der Waals surface area (Å²) in [4.78, 5) is 25.2. The molecule has 0 saturated carbocycles. The molecule has 12 heteroatoms. The average molecular weight is 572 g/mol. The third kappa shape index (κ3) is 6.37. The number of nitrogens with zero attached hydrogens (tertiary/aromatic N) is 1. The number of esters is 1. The molecule has 38 heavy (non-hydrogen) atoms. The van der Waals surface area contributed by atoms with Gasteiger partial charge in [0.25, 0.3) is 5.91 Å². The molecule has 0 spiro atoms. The van der Waals surface area contributed by atoms with Crippen LogP contribution in [-0.2, 0) is 14.8 Å². The SMILES string of the molecule is COc1cc(/C=N/NC(=O)CNS(=O)(=O)c2ccc(C)cc2)ccc1OC(=O)c1sc2ccccc2c1Cl. The zero-order chi connectivity index (χ0) is 27.3. The normalized spacial score (nSPS) is 11.6. The summed E-state index contributed by atoms with van der Waals surface area (Å²) in [6.07, 6.45) is 1.34. The Morgan fingerprint density at radius 3 is 2.50 bits per heavy atom. The van der Waals surface area contributed by atoms with Crippen molar-refractivity contribution in [3.8, 4) is 11.5 Å². The van der Waals surface area contributed by atoms with Crippen LogP contribution in [0.25, 0.3) is 10.1 Å². The monoisotopic (exact) mass is 571 g/mol. The van der Waals surface area contributed by atoms with Gasteiger partial charge in [0.1, 0.15) is 4.88 Å². The number of hydrogen-bond acceptors (Lipinski definition) is 8. The Labute approximate surface area is 228 Å². The van der Waals surface area contributed by atoms with Crippen molar-refractivity contribution in [1.29, 1.82) is 0 Å². The lowest BCUT2D eigenvalue weighted by Crippen LogP contribution is -2.34. The summed E-state index contributed by atoms with van der Waals surface area (Å²) < 4.78 is 38.5. The molecular weight excluding hydrogens is 550 g/mol. The van der Waals surface area contributed by atoms with Gasteiger partial charge in [-0.2, -0.15) is 5.10 Å². The number of ether oxygens (including phenoxy) is 2. The summed E-state index contributed by atoms with van der Waals surface area (Å²) in [5.41, 5.74) is 3.70. The summed E-state index contributed by atoms with van der Waals surface area (Å²) >= 11 is 7.61. The van der Waals surface area contributed by atoms with Gasteiger partial charge in [0.2, 0.25) is 10.0 Å². The number of methoxy groups -OCH3 is 1. The number of amides is 1. The number of hydrogen-bond donors (Lipinski definition) is 2. The standard InChI is InChI=1S/C26H22ClN3O6S2/c1-16-7-10-18(11-8-16)38(33,34)29-15-23(31)30-28-14-17-9-12-20(21(13-17)35-2)36-26(32)25-24(27)19-5-3-4-6-22(19)37-25/h3-14,29H,15H2,1-2H3,(H,30,31)/b28-14+. The smallest absolute Gasteiger partial charge is 0.355 e. The lowest BCUT2D eigenvalue weighted by atomic mass is 10.2. The number of rotatable bonds is 9. The molecule has 3 aromatic carbocycles. The van der Waals surface area contributed by atoms with Gasteiger partial charge in [-0.1, -0.05) is 47.5 Å². The molecule has 9 nitrogen and oxygen atoms in total. The largest absolute Gasteiger partial charge is 0.493 e. The summed E-state index contributed by atoms with van der Waals surface area (Å²) in [6.45, 7) is 1.35. The molecular formula is C26H22ClN3O6S2. The van der Waals surface area contributed by atoms with E-state index in [2.05, 4.69) is 15.2 Å². The summed E-state index contributed by atoms with van der Waals surface area (Å²) in [5, 5.41) is 4.94. The summed E-state index contributed by atoms with van der Waals surface area (Å²) in [5.74, 6) is -0.833. The maximum atomic E-state index is 12.8. The maximum Gasteiger partial charge on any atom is 0.355 e. The molecule has 0 aliphatic rings. The Bertz CT molecular complexity index is 1630.